The molecule has 0 aliphatic heterocycles. The van der Waals surface area contributed by atoms with Gasteiger partial charge in [0.25, 0.3) is 0 Å². The number of carbonyl (C=O) groups is 2. The number of carboxylic acid groups (broad SMARTS) is 1. The van der Waals surface area contributed by atoms with Gasteiger partial charge < -0.3 is 16.2 Å². The number of nitrogens with one attached hydrogen (secondary N) is 1. The van der Waals surface area contributed by atoms with Gasteiger partial charge >= 0.3 is 5.97 Å². The lowest BCUT2D eigenvalue weighted by Crippen LogP contribution is -2.45. The Morgan fingerprint density at radius 1 is 1.30 bits per heavy atom. The second-order valence-electron chi connectivity index (χ2n) is 7.21. The summed E-state index contributed by atoms with van der Waals surface area (Å²) in [5, 5.41) is 12.2. The van der Waals surface area contributed by atoms with E-state index in [1.165, 1.54) is 0 Å². The maximum Gasteiger partial charge on any atom is 0.311 e. The number of hydrogen-bond donors (Lipinski definition) is 3. The summed E-state index contributed by atoms with van der Waals surface area (Å²) in [7, 11) is 0. The van der Waals surface area contributed by atoms with Gasteiger partial charge in [-0.15, -0.1) is 0 Å². The maximum absolute atomic E-state index is 12.2. The number of carbonyl (C=O) groups excluding carboxylic acids is 1. The third-order valence-electron chi connectivity index (χ3n) is 4.13. The largest absolute Gasteiger partial charge is 0.481 e. The molecular formula is C15H28N2O3. The van der Waals surface area contributed by atoms with Crippen LogP contribution in [0.3, 0.4) is 0 Å². The lowest BCUT2D eigenvalue weighted by Gasteiger charge is -2.27. The maximum atomic E-state index is 12.2. The van der Waals surface area contributed by atoms with Crippen LogP contribution in [-0.4, -0.2) is 30.1 Å². The summed E-state index contributed by atoms with van der Waals surface area (Å²) in [4.78, 5) is 23.6. The summed E-state index contributed by atoms with van der Waals surface area (Å²) in [6, 6.07) is 0. The van der Waals surface area contributed by atoms with Crippen molar-refractivity contribution < 1.29 is 14.7 Å². The van der Waals surface area contributed by atoms with Gasteiger partial charge in [-0.25, -0.2) is 0 Å². The first kappa shape index (κ1) is 17.0. The molecule has 1 atom stereocenters. The topological polar surface area (TPSA) is 92.4 Å². The molecule has 5 nitrogen and oxygen atoms in total. The van der Waals surface area contributed by atoms with Crippen LogP contribution in [0.2, 0.25) is 0 Å². The molecule has 1 amide bonds. The van der Waals surface area contributed by atoms with E-state index < -0.39 is 11.4 Å². The zero-order valence-corrected chi connectivity index (χ0v) is 12.9. The molecule has 5 heteroatoms. The van der Waals surface area contributed by atoms with E-state index in [1.54, 1.807) is 0 Å². The van der Waals surface area contributed by atoms with Crippen molar-refractivity contribution in [2.24, 2.45) is 22.5 Å². The van der Waals surface area contributed by atoms with Crippen LogP contribution < -0.4 is 11.1 Å². The number of hydrogen-bond acceptors (Lipinski definition) is 3. The molecule has 1 aliphatic carbocycles. The van der Waals surface area contributed by atoms with Gasteiger partial charge in [0.05, 0.1) is 11.3 Å². The van der Waals surface area contributed by atoms with Crippen molar-refractivity contribution in [3.05, 3.63) is 0 Å². The molecule has 0 aromatic rings. The van der Waals surface area contributed by atoms with Crippen molar-refractivity contribution in [1.82, 2.24) is 5.32 Å². The van der Waals surface area contributed by atoms with Crippen molar-refractivity contribution in [2.45, 2.75) is 52.9 Å². The fraction of sp³-hybridized carbons (Fsp3) is 0.867. The predicted molar refractivity (Wildman–Crippen MR) is 78.2 cm³/mol. The zero-order chi connectivity index (χ0) is 15.4. The SMILES string of the molecule is CC(C)(C)CC(CN)C(=O)NCC1(C(=O)O)CCCC1. The van der Waals surface area contributed by atoms with Crippen molar-refractivity contribution in [3.63, 3.8) is 0 Å². The summed E-state index contributed by atoms with van der Waals surface area (Å²) < 4.78 is 0. The molecule has 1 aliphatic rings. The van der Waals surface area contributed by atoms with Crippen molar-refractivity contribution in [1.29, 1.82) is 0 Å². The van der Waals surface area contributed by atoms with Gasteiger partial charge in [0.1, 0.15) is 0 Å². The van der Waals surface area contributed by atoms with Crippen LogP contribution in [0, 0.1) is 16.7 Å². The Labute approximate surface area is 121 Å². The van der Waals surface area contributed by atoms with E-state index in [0.29, 0.717) is 25.8 Å². The average Bonchev–Trinajstić information content (AvgIpc) is 2.82. The fourth-order valence-corrected chi connectivity index (χ4v) is 2.94. The Bertz CT molecular complexity index is 355. The van der Waals surface area contributed by atoms with Gasteiger partial charge in [0, 0.05) is 13.1 Å². The van der Waals surface area contributed by atoms with E-state index in [2.05, 4.69) is 26.1 Å². The summed E-state index contributed by atoms with van der Waals surface area (Å²) in [5.74, 6) is -1.16. The van der Waals surface area contributed by atoms with Crippen LogP contribution >= 0.6 is 0 Å². The molecule has 0 radical (unpaired) electrons. The zero-order valence-electron chi connectivity index (χ0n) is 12.9. The molecule has 116 valence electrons. The van der Waals surface area contributed by atoms with Crippen LogP contribution in [-0.2, 0) is 9.59 Å². The van der Waals surface area contributed by atoms with Crippen LogP contribution in [0.4, 0.5) is 0 Å². The van der Waals surface area contributed by atoms with Gasteiger partial charge in [0.15, 0.2) is 0 Å². The second kappa shape index (κ2) is 6.57. The summed E-state index contributed by atoms with van der Waals surface area (Å²) in [5.41, 5.74) is 4.94. The monoisotopic (exact) mass is 284 g/mol. The molecule has 1 saturated carbocycles. The summed E-state index contributed by atoms with van der Waals surface area (Å²) in [6.07, 6.45) is 3.84. The first-order valence-corrected chi connectivity index (χ1v) is 7.41. The van der Waals surface area contributed by atoms with Crippen molar-refractivity contribution in [3.8, 4) is 0 Å². The normalized spacial score (nSPS) is 19.6. The predicted octanol–water partition coefficient (Wildman–Crippen LogP) is 1.76. The first-order chi connectivity index (χ1) is 9.20. The molecule has 0 saturated heterocycles. The molecule has 1 fully saturated rings. The first-order valence-electron chi connectivity index (χ1n) is 7.41. The van der Waals surface area contributed by atoms with Gasteiger partial charge in [-0.05, 0) is 24.7 Å². The molecule has 0 heterocycles. The minimum absolute atomic E-state index is 0.0270. The number of carboxylic acids is 1. The highest BCUT2D eigenvalue weighted by Gasteiger charge is 2.41. The molecule has 0 spiro atoms. The van der Waals surface area contributed by atoms with Gasteiger partial charge in [0.2, 0.25) is 5.91 Å². The molecule has 1 rings (SSSR count). The van der Waals surface area contributed by atoms with Crippen LogP contribution in [0.5, 0.6) is 0 Å². The number of nitrogens with two attached hydrogens (primary N) is 1. The smallest absolute Gasteiger partial charge is 0.311 e. The van der Waals surface area contributed by atoms with Crippen LogP contribution in [0.1, 0.15) is 52.9 Å². The Hall–Kier alpha value is -1.10. The highest BCUT2D eigenvalue weighted by atomic mass is 16.4. The van der Waals surface area contributed by atoms with E-state index in [1.807, 2.05) is 0 Å². The van der Waals surface area contributed by atoms with E-state index in [4.69, 9.17) is 5.73 Å². The number of rotatable bonds is 6. The lowest BCUT2D eigenvalue weighted by molar-refractivity contribution is -0.148. The molecule has 20 heavy (non-hydrogen) atoms. The standard InChI is InChI=1S/C15H28N2O3/c1-14(2,3)8-11(9-16)12(18)17-10-15(13(19)20)6-4-5-7-15/h11H,4-10,16H2,1-3H3,(H,17,18)(H,19,20). The van der Waals surface area contributed by atoms with Crippen molar-refractivity contribution in [2.75, 3.05) is 13.1 Å². The second-order valence-corrected chi connectivity index (χ2v) is 7.21. The molecule has 1 unspecified atom stereocenters. The Morgan fingerprint density at radius 2 is 1.85 bits per heavy atom. The summed E-state index contributed by atoms with van der Waals surface area (Å²) >= 11 is 0. The van der Waals surface area contributed by atoms with E-state index in [9.17, 15) is 14.7 Å². The molecule has 0 bridgehead atoms. The Balaban J connectivity index is 2.58. The van der Waals surface area contributed by atoms with E-state index in [-0.39, 0.29) is 23.8 Å². The Morgan fingerprint density at radius 3 is 2.25 bits per heavy atom. The fourth-order valence-electron chi connectivity index (χ4n) is 2.94. The molecule has 4 N–H and O–H groups in total. The van der Waals surface area contributed by atoms with Gasteiger partial charge in [-0.1, -0.05) is 33.6 Å². The van der Waals surface area contributed by atoms with E-state index in [0.717, 1.165) is 12.8 Å². The highest BCUT2D eigenvalue weighted by Crippen LogP contribution is 2.37. The highest BCUT2D eigenvalue weighted by molar-refractivity contribution is 5.81. The van der Waals surface area contributed by atoms with Crippen molar-refractivity contribution >= 4 is 11.9 Å². The molecule has 0 aromatic carbocycles. The van der Waals surface area contributed by atoms with Crippen LogP contribution in [0.25, 0.3) is 0 Å². The third-order valence-corrected chi connectivity index (χ3v) is 4.13. The Kier molecular flexibility index (Phi) is 5.57. The summed E-state index contributed by atoms with van der Waals surface area (Å²) in [6.45, 7) is 6.72. The minimum Gasteiger partial charge on any atom is -0.481 e. The molecule has 0 aromatic heterocycles. The minimum atomic E-state index is -0.796. The van der Waals surface area contributed by atoms with Crippen LogP contribution in [0.15, 0.2) is 0 Å². The molecular weight excluding hydrogens is 256 g/mol. The van der Waals surface area contributed by atoms with Gasteiger partial charge in [-0.3, -0.25) is 9.59 Å². The lowest BCUT2D eigenvalue weighted by atomic mass is 9.83. The van der Waals surface area contributed by atoms with Gasteiger partial charge in [-0.2, -0.15) is 0 Å². The van der Waals surface area contributed by atoms with E-state index >= 15 is 0 Å². The number of aliphatic carboxylic acids is 1. The average molecular weight is 284 g/mol. The quantitative estimate of drug-likeness (QED) is 0.693. The third kappa shape index (κ3) is 4.47. The number of amides is 1.